The Morgan fingerprint density at radius 1 is 1.38 bits per heavy atom. The fraction of sp³-hybridized carbons (Fsp3) is 0.462. The van der Waals surface area contributed by atoms with Gasteiger partial charge in [-0.05, 0) is 39.2 Å². The van der Waals surface area contributed by atoms with Crippen LogP contribution in [0.1, 0.15) is 22.8 Å². The first-order chi connectivity index (χ1) is 9.66. The van der Waals surface area contributed by atoms with Gasteiger partial charge in [0.2, 0.25) is 0 Å². The number of hydrazine groups is 1. The Morgan fingerprint density at radius 2 is 2.00 bits per heavy atom. The number of hydrogen-bond donors (Lipinski definition) is 3. The number of carbonyl (C=O) groups is 1. The fourth-order valence-electron chi connectivity index (χ4n) is 1.57. The molecule has 0 spiro atoms. The molecule has 0 radical (unpaired) electrons. The largest absolute Gasteiger partial charge is 0.418 e. The molecule has 118 valence electrons. The number of likely N-dealkylation sites (N-methyl/N-ethyl adjacent to an activating group) is 1. The van der Waals surface area contributed by atoms with Gasteiger partial charge in [-0.3, -0.25) is 10.6 Å². The van der Waals surface area contributed by atoms with Crippen molar-refractivity contribution < 1.29 is 18.0 Å². The molecule has 0 heterocycles. The Bertz CT molecular complexity index is 503. The third kappa shape index (κ3) is 4.61. The number of nitrogens with one attached hydrogen (secondary N) is 2. The van der Waals surface area contributed by atoms with Crippen molar-refractivity contribution in [3.63, 3.8) is 0 Å². The smallest absolute Gasteiger partial charge is 0.350 e. The van der Waals surface area contributed by atoms with Gasteiger partial charge in [-0.15, -0.1) is 0 Å². The van der Waals surface area contributed by atoms with E-state index in [1.807, 2.05) is 31.3 Å². The summed E-state index contributed by atoms with van der Waals surface area (Å²) in [7, 11) is 3.70. The predicted octanol–water partition coefficient (Wildman–Crippen LogP) is 1.67. The molecule has 0 fully saturated rings. The summed E-state index contributed by atoms with van der Waals surface area (Å²) in [6.07, 6.45) is -4.59. The maximum Gasteiger partial charge on any atom is 0.418 e. The van der Waals surface area contributed by atoms with E-state index in [-0.39, 0.29) is 17.3 Å². The van der Waals surface area contributed by atoms with Crippen LogP contribution in [-0.2, 0) is 6.18 Å². The van der Waals surface area contributed by atoms with Crippen LogP contribution in [0, 0.1) is 0 Å². The molecule has 21 heavy (non-hydrogen) atoms. The number of anilines is 1. The molecule has 1 unspecified atom stereocenters. The number of nitrogens with zero attached hydrogens (tertiary/aromatic N) is 1. The third-order valence-electron chi connectivity index (χ3n) is 3.18. The van der Waals surface area contributed by atoms with E-state index in [1.165, 1.54) is 6.07 Å². The van der Waals surface area contributed by atoms with Crippen LogP contribution in [0.15, 0.2) is 18.2 Å². The molecule has 0 bridgehead atoms. The summed E-state index contributed by atoms with van der Waals surface area (Å²) in [6, 6.07) is 3.28. The van der Waals surface area contributed by atoms with E-state index in [1.54, 1.807) is 0 Å². The second-order valence-electron chi connectivity index (χ2n) is 4.93. The standard InChI is InChI=1S/C13H19F3N4O/c1-8(20(2)3)7-18-12(21)9-4-5-11(19-17)10(6-9)13(14,15)16/h4-6,8,19H,7,17H2,1-3H3,(H,18,21). The molecule has 0 aromatic heterocycles. The van der Waals surface area contributed by atoms with E-state index >= 15 is 0 Å². The summed E-state index contributed by atoms with van der Waals surface area (Å²) in [6.45, 7) is 2.23. The fourth-order valence-corrected chi connectivity index (χ4v) is 1.57. The summed E-state index contributed by atoms with van der Waals surface area (Å²) in [5, 5.41) is 2.60. The lowest BCUT2D eigenvalue weighted by Gasteiger charge is -2.20. The highest BCUT2D eigenvalue weighted by Gasteiger charge is 2.34. The van der Waals surface area contributed by atoms with Gasteiger partial charge in [0.15, 0.2) is 0 Å². The minimum Gasteiger partial charge on any atom is -0.350 e. The quantitative estimate of drug-likeness (QED) is 0.572. The van der Waals surface area contributed by atoms with Gasteiger partial charge in [-0.2, -0.15) is 13.2 Å². The molecule has 0 saturated heterocycles. The first-order valence-corrected chi connectivity index (χ1v) is 6.29. The summed E-state index contributed by atoms with van der Waals surface area (Å²) in [5.41, 5.74) is 0.661. The number of hydrogen-bond acceptors (Lipinski definition) is 4. The van der Waals surface area contributed by atoms with Gasteiger partial charge in [0.05, 0.1) is 11.3 Å². The van der Waals surface area contributed by atoms with Crippen LogP contribution in [0.2, 0.25) is 0 Å². The number of rotatable bonds is 5. The average molecular weight is 304 g/mol. The predicted molar refractivity (Wildman–Crippen MR) is 74.7 cm³/mol. The second kappa shape index (κ2) is 6.77. The number of nitrogen functional groups attached to an aromatic ring is 1. The number of alkyl halides is 3. The van der Waals surface area contributed by atoms with E-state index in [4.69, 9.17) is 5.84 Å². The number of nitrogens with two attached hydrogens (primary N) is 1. The van der Waals surface area contributed by atoms with Crippen LogP contribution in [0.4, 0.5) is 18.9 Å². The molecular weight excluding hydrogens is 285 g/mol. The monoisotopic (exact) mass is 304 g/mol. The Labute approximate surface area is 121 Å². The van der Waals surface area contributed by atoms with Gasteiger partial charge in [0.1, 0.15) is 0 Å². The highest BCUT2D eigenvalue weighted by molar-refractivity contribution is 5.95. The van der Waals surface area contributed by atoms with E-state index in [2.05, 4.69) is 5.32 Å². The number of halogens is 3. The molecule has 1 rings (SSSR count). The van der Waals surface area contributed by atoms with E-state index in [0.29, 0.717) is 6.54 Å². The van der Waals surface area contributed by atoms with Crippen molar-refractivity contribution in [3.8, 4) is 0 Å². The SMILES string of the molecule is CC(CNC(=O)c1ccc(NN)c(C(F)(F)F)c1)N(C)C. The summed E-state index contributed by atoms with van der Waals surface area (Å²) in [5.74, 6) is 4.49. The Morgan fingerprint density at radius 3 is 2.48 bits per heavy atom. The second-order valence-corrected chi connectivity index (χ2v) is 4.93. The molecular formula is C13H19F3N4O. The van der Waals surface area contributed by atoms with E-state index in [0.717, 1.165) is 12.1 Å². The van der Waals surface area contributed by atoms with Crippen LogP contribution < -0.4 is 16.6 Å². The zero-order valence-corrected chi connectivity index (χ0v) is 12.1. The minimum absolute atomic E-state index is 0.0627. The topological polar surface area (TPSA) is 70.4 Å². The Kier molecular flexibility index (Phi) is 5.56. The first kappa shape index (κ1) is 17.3. The molecule has 8 heteroatoms. The lowest BCUT2D eigenvalue weighted by Crippen LogP contribution is -2.38. The van der Waals surface area contributed by atoms with Crippen molar-refractivity contribution in [3.05, 3.63) is 29.3 Å². The molecule has 0 aliphatic heterocycles. The van der Waals surface area contributed by atoms with E-state index in [9.17, 15) is 18.0 Å². The van der Waals surface area contributed by atoms with Gasteiger partial charge in [-0.25, -0.2) is 0 Å². The third-order valence-corrected chi connectivity index (χ3v) is 3.18. The van der Waals surface area contributed by atoms with Crippen molar-refractivity contribution in [2.75, 3.05) is 26.1 Å². The average Bonchev–Trinajstić information content (AvgIpc) is 2.42. The minimum atomic E-state index is -4.59. The highest BCUT2D eigenvalue weighted by Crippen LogP contribution is 2.35. The van der Waals surface area contributed by atoms with Crippen molar-refractivity contribution in [1.29, 1.82) is 0 Å². The zero-order chi connectivity index (χ0) is 16.2. The molecule has 1 aromatic rings. The van der Waals surface area contributed by atoms with Gasteiger partial charge < -0.3 is 15.6 Å². The normalized spacial score (nSPS) is 13.1. The number of carbonyl (C=O) groups excluding carboxylic acids is 1. The molecule has 0 aliphatic rings. The van der Waals surface area contributed by atoms with Crippen LogP contribution in [0.5, 0.6) is 0 Å². The maximum absolute atomic E-state index is 12.9. The Balaban J connectivity index is 2.91. The van der Waals surface area contributed by atoms with Gasteiger partial charge in [0, 0.05) is 18.2 Å². The molecule has 0 aliphatic carbocycles. The summed E-state index contributed by atoms with van der Waals surface area (Å²) < 4.78 is 38.6. The van der Waals surface area contributed by atoms with Gasteiger partial charge in [0.25, 0.3) is 5.91 Å². The summed E-state index contributed by atoms with van der Waals surface area (Å²) in [4.78, 5) is 13.8. The molecule has 1 atom stereocenters. The maximum atomic E-state index is 12.9. The number of benzene rings is 1. The Hall–Kier alpha value is -1.80. The first-order valence-electron chi connectivity index (χ1n) is 6.29. The zero-order valence-electron chi connectivity index (χ0n) is 12.1. The molecule has 0 saturated carbocycles. The molecule has 4 N–H and O–H groups in total. The van der Waals surface area contributed by atoms with Crippen molar-refractivity contribution in [2.24, 2.45) is 5.84 Å². The lowest BCUT2D eigenvalue weighted by atomic mass is 10.1. The number of amides is 1. The van der Waals surface area contributed by atoms with Crippen LogP contribution in [0.25, 0.3) is 0 Å². The molecule has 1 aromatic carbocycles. The molecule has 1 amide bonds. The highest BCUT2D eigenvalue weighted by atomic mass is 19.4. The van der Waals surface area contributed by atoms with Crippen LogP contribution in [0.3, 0.4) is 0 Å². The van der Waals surface area contributed by atoms with Crippen LogP contribution >= 0.6 is 0 Å². The van der Waals surface area contributed by atoms with Gasteiger partial charge in [-0.1, -0.05) is 0 Å². The lowest BCUT2D eigenvalue weighted by molar-refractivity contribution is -0.137. The van der Waals surface area contributed by atoms with Crippen molar-refractivity contribution >= 4 is 11.6 Å². The van der Waals surface area contributed by atoms with Crippen molar-refractivity contribution in [2.45, 2.75) is 19.1 Å². The molecule has 5 nitrogen and oxygen atoms in total. The van der Waals surface area contributed by atoms with E-state index < -0.39 is 17.6 Å². The van der Waals surface area contributed by atoms with Crippen molar-refractivity contribution in [1.82, 2.24) is 10.2 Å². The van der Waals surface area contributed by atoms with Crippen LogP contribution in [-0.4, -0.2) is 37.5 Å². The summed E-state index contributed by atoms with van der Waals surface area (Å²) >= 11 is 0. The van der Waals surface area contributed by atoms with Gasteiger partial charge >= 0.3 is 6.18 Å².